The summed E-state index contributed by atoms with van der Waals surface area (Å²) in [6.45, 7) is 0. The SMILES string of the molecule is c1ccc(-c2nc(-c3ccc(-c4cccc5c4oc4ccccc45)cc3)nc(-c3ccc(-c4cccc5c(-c6ccccc6)nc6ccccc6c45)cc3)n2)cc1. The Morgan fingerprint density at radius 3 is 1.44 bits per heavy atom. The molecular weight excluding hydrogens is 697 g/mol. The topological polar surface area (TPSA) is 64.7 Å². The summed E-state index contributed by atoms with van der Waals surface area (Å²) in [7, 11) is 0. The number of fused-ring (bicyclic) bond motifs is 6. The summed E-state index contributed by atoms with van der Waals surface area (Å²) < 4.78 is 6.35. The van der Waals surface area contributed by atoms with Crippen LogP contribution in [0.4, 0.5) is 0 Å². The van der Waals surface area contributed by atoms with Gasteiger partial charge in [-0.25, -0.2) is 19.9 Å². The summed E-state index contributed by atoms with van der Waals surface area (Å²) in [4.78, 5) is 20.2. The molecule has 57 heavy (non-hydrogen) atoms. The lowest BCUT2D eigenvalue weighted by Gasteiger charge is -2.14. The standard InChI is InChI=1S/C52H32N4O/c1-3-13-35(14-4-1)48-44-22-11-19-39(47(44)43-18-7-9-23-45(43)53-48)33-25-29-37(30-26-33)51-54-50(36-15-5-2-6-16-36)55-52(56-51)38-31-27-34(28-32-38)40-20-12-21-42-41-17-8-10-24-46(41)57-49(40)42/h1-32H. The predicted octanol–water partition coefficient (Wildman–Crippen LogP) is 13.5. The molecule has 0 fully saturated rings. The minimum Gasteiger partial charge on any atom is -0.455 e. The van der Waals surface area contributed by atoms with Crippen LogP contribution in [-0.4, -0.2) is 19.9 Å². The Hall–Kier alpha value is -7.76. The zero-order valence-corrected chi connectivity index (χ0v) is 30.7. The maximum Gasteiger partial charge on any atom is 0.164 e. The molecule has 0 aliphatic heterocycles. The van der Waals surface area contributed by atoms with Gasteiger partial charge < -0.3 is 4.42 Å². The zero-order chi connectivity index (χ0) is 37.7. The third-order valence-electron chi connectivity index (χ3n) is 10.8. The van der Waals surface area contributed by atoms with Crippen molar-refractivity contribution in [2.75, 3.05) is 0 Å². The number of benzene rings is 8. The first-order chi connectivity index (χ1) is 28.2. The van der Waals surface area contributed by atoms with E-state index < -0.39 is 0 Å². The minimum absolute atomic E-state index is 0.609. The van der Waals surface area contributed by atoms with Crippen molar-refractivity contribution in [2.24, 2.45) is 0 Å². The second kappa shape index (κ2) is 13.5. The lowest BCUT2D eigenvalue weighted by molar-refractivity contribution is 0.670. The number of para-hydroxylation sites is 3. The van der Waals surface area contributed by atoms with Crippen LogP contribution in [-0.2, 0) is 0 Å². The fraction of sp³-hybridized carbons (Fsp3) is 0. The maximum atomic E-state index is 6.35. The Morgan fingerprint density at radius 1 is 0.298 bits per heavy atom. The van der Waals surface area contributed by atoms with E-state index in [0.29, 0.717) is 17.5 Å². The third-order valence-corrected chi connectivity index (χ3v) is 10.8. The van der Waals surface area contributed by atoms with Crippen molar-refractivity contribution in [3.8, 4) is 67.7 Å². The van der Waals surface area contributed by atoms with E-state index in [4.69, 9.17) is 24.4 Å². The molecule has 0 aliphatic rings. The summed E-state index contributed by atoms with van der Waals surface area (Å²) in [6.07, 6.45) is 0. The van der Waals surface area contributed by atoms with Crippen LogP contribution in [0.1, 0.15) is 0 Å². The van der Waals surface area contributed by atoms with Gasteiger partial charge in [0.1, 0.15) is 11.2 Å². The molecule has 0 saturated carbocycles. The van der Waals surface area contributed by atoms with E-state index >= 15 is 0 Å². The van der Waals surface area contributed by atoms with Gasteiger partial charge in [-0.3, -0.25) is 0 Å². The molecule has 0 radical (unpaired) electrons. The van der Waals surface area contributed by atoms with E-state index in [2.05, 4.69) is 140 Å². The Kier molecular flexibility index (Phi) is 7.74. The van der Waals surface area contributed by atoms with Crippen molar-refractivity contribution in [1.82, 2.24) is 19.9 Å². The van der Waals surface area contributed by atoms with Gasteiger partial charge in [-0.1, -0.05) is 182 Å². The molecule has 0 bridgehead atoms. The highest BCUT2D eigenvalue weighted by Gasteiger charge is 2.17. The van der Waals surface area contributed by atoms with Crippen LogP contribution >= 0.6 is 0 Å². The molecule has 5 nitrogen and oxygen atoms in total. The van der Waals surface area contributed by atoms with Crippen LogP contribution in [0.3, 0.4) is 0 Å². The zero-order valence-electron chi connectivity index (χ0n) is 30.7. The van der Waals surface area contributed by atoms with E-state index in [-0.39, 0.29) is 0 Å². The summed E-state index contributed by atoms with van der Waals surface area (Å²) in [5, 5.41) is 5.66. The number of hydrogen-bond acceptors (Lipinski definition) is 5. The van der Waals surface area contributed by atoms with Gasteiger partial charge in [0.15, 0.2) is 17.5 Å². The lowest BCUT2D eigenvalue weighted by Crippen LogP contribution is -2.00. The van der Waals surface area contributed by atoms with Gasteiger partial charge in [0.25, 0.3) is 0 Å². The largest absolute Gasteiger partial charge is 0.455 e. The van der Waals surface area contributed by atoms with E-state index in [1.54, 1.807) is 0 Å². The van der Waals surface area contributed by atoms with Gasteiger partial charge in [0, 0.05) is 54.7 Å². The van der Waals surface area contributed by atoms with Crippen LogP contribution in [0, 0.1) is 0 Å². The van der Waals surface area contributed by atoms with E-state index in [1.165, 1.54) is 5.39 Å². The third kappa shape index (κ3) is 5.72. The first kappa shape index (κ1) is 32.7. The van der Waals surface area contributed by atoms with Gasteiger partial charge in [0.2, 0.25) is 0 Å². The van der Waals surface area contributed by atoms with Gasteiger partial charge in [-0.15, -0.1) is 0 Å². The minimum atomic E-state index is 0.609. The number of pyridine rings is 1. The normalized spacial score (nSPS) is 11.5. The predicted molar refractivity (Wildman–Crippen MR) is 233 cm³/mol. The average Bonchev–Trinajstić information content (AvgIpc) is 3.68. The van der Waals surface area contributed by atoms with Crippen molar-refractivity contribution in [1.29, 1.82) is 0 Å². The lowest BCUT2D eigenvalue weighted by atomic mass is 9.92. The highest BCUT2D eigenvalue weighted by molar-refractivity contribution is 6.17. The molecule has 266 valence electrons. The van der Waals surface area contributed by atoms with Gasteiger partial charge in [0.05, 0.1) is 11.2 Å². The monoisotopic (exact) mass is 728 g/mol. The van der Waals surface area contributed by atoms with Crippen molar-refractivity contribution in [2.45, 2.75) is 0 Å². The summed E-state index contributed by atoms with van der Waals surface area (Å²) in [5.41, 5.74) is 11.9. The number of hydrogen-bond donors (Lipinski definition) is 0. The second-order valence-corrected chi connectivity index (χ2v) is 14.2. The molecule has 11 rings (SSSR count). The maximum absolute atomic E-state index is 6.35. The summed E-state index contributed by atoms with van der Waals surface area (Å²) in [6, 6.07) is 66.9. The van der Waals surface area contributed by atoms with Gasteiger partial charge >= 0.3 is 0 Å². The number of furan rings is 1. The highest BCUT2D eigenvalue weighted by atomic mass is 16.3. The second-order valence-electron chi connectivity index (χ2n) is 14.2. The first-order valence-corrected chi connectivity index (χ1v) is 19.1. The number of rotatable bonds is 6. The van der Waals surface area contributed by atoms with E-state index in [1.807, 2.05) is 54.6 Å². The fourth-order valence-corrected chi connectivity index (χ4v) is 7.98. The molecule has 3 aromatic heterocycles. The molecule has 0 atom stereocenters. The van der Waals surface area contributed by atoms with Crippen molar-refractivity contribution in [3.63, 3.8) is 0 Å². The molecule has 5 heteroatoms. The molecule has 11 aromatic rings. The Labute approximate surface area is 328 Å². The smallest absolute Gasteiger partial charge is 0.164 e. The first-order valence-electron chi connectivity index (χ1n) is 19.1. The molecule has 3 heterocycles. The molecule has 0 N–H and O–H groups in total. The van der Waals surface area contributed by atoms with Crippen molar-refractivity contribution in [3.05, 3.63) is 194 Å². The summed E-state index contributed by atoms with van der Waals surface area (Å²) in [5.74, 6) is 1.84. The Balaban J connectivity index is 0.998. The molecule has 0 amide bonds. The highest BCUT2D eigenvalue weighted by Crippen LogP contribution is 2.40. The van der Waals surface area contributed by atoms with Gasteiger partial charge in [-0.05, 0) is 28.8 Å². The van der Waals surface area contributed by atoms with E-state index in [9.17, 15) is 0 Å². The molecule has 8 aromatic carbocycles. The Bertz CT molecular complexity index is 3270. The van der Waals surface area contributed by atoms with Gasteiger partial charge in [-0.2, -0.15) is 0 Å². The van der Waals surface area contributed by atoms with Crippen LogP contribution in [0.15, 0.2) is 199 Å². The molecule has 0 spiro atoms. The van der Waals surface area contributed by atoms with Crippen LogP contribution < -0.4 is 0 Å². The molecule has 0 unspecified atom stereocenters. The molecule has 0 saturated heterocycles. The quantitative estimate of drug-likeness (QED) is 0.160. The number of nitrogens with zero attached hydrogens (tertiary/aromatic N) is 4. The Morgan fingerprint density at radius 2 is 0.772 bits per heavy atom. The fourth-order valence-electron chi connectivity index (χ4n) is 7.98. The summed E-state index contributed by atoms with van der Waals surface area (Å²) >= 11 is 0. The number of aromatic nitrogens is 4. The van der Waals surface area contributed by atoms with Crippen LogP contribution in [0.2, 0.25) is 0 Å². The van der Waals surface area contributed by atoms with Crippen molar-refractivity contribution >= 4 is 43.6 Å². The van der Waals surface area contributed by atoms with Crippen LogP contribution in [0.5, 0.6) is 0 Å². The molecular formula is C52H32N4O. The van der Waals surface area contributed by atoms with E-state index in [0.717, 1.165) is 88.4 Å². The molecule has 0 aliphatic carbocycles. The van der Waals surface area contributed by atoms with Crippen LogP contribution in [0.25, 0.3) is 111 Å². The van der Waals surface area contributed by atoms with Crippen molar-refractivity contribution < 1.29 is 4.42 Å². The average molecular weight is 729 g/mol.